The summed E-state index contributed by atoms with van der Waals surface area (Å²) in [6.07, 6.45) is 0. The number of hydrogen-bond acceptors (Lipinski definition) is 3. The Balaban J connectivity index is 3.01. The van der Waals surface area contributed by atoms with Crippen LogP contribution in [0.2, 0.25) is 0 Å². The summed E-state index contributed by atoms with van der Waals surface area (Å²) in [6.45, 7) is 8.19. The second-order valence-electron chi connectivity index (χ2n) is 5.72. The minimum atomic E-state index is -3.55. The maximum atomic E-state index is 12.3. The molecule has 0 spiro atoms. The summed E-state index contributed by atoms with van der Waals surface area (Å²) in [5.74, 6) is 0.354. The maximum Gasteiger partial charge on any atom is 0.251 e. The van der Waals surface area contributed by atoms with Crippen LogP contribution in [0.1, 0.15) is 38.1 Å². The summed E-state index contributed by atoms with van der Waals surface area (Å²) in [5, 5.41) is 2.97. The zero-order valence-electron chi connectivity index (χ0n) is 13.2. The third kappa shape index (κ3) is 4.54. The molecule has 0 saturated carbocycles. The summed E-state index contributed by atoms with van der Waals surface area (Å²) in [5.41, 5.74) is 0.345. The maximum absolute atomic E-state index is 12.3. The molecule has 1 aromatic carbocycles. The van der Waals surface area contributed by atoms with Gasteiger partial charge in [-0.1, -0.05) is 33.8 Å². The Kier molecular flexibility index (Phi) is 5.92. The molecule has 1 aromatic rings. The molecule has 0 fully saturated rings. The van der Waals surface area contributed by atoms with Gasteiger partial charge in [-0.2, -0.15) is 0 Å². The van der Waals surface area contributed by atoms with Gasteiger partial charge in [-0.15, -0.1) is 0 Å². The normalized spacial score (nSPS) is 12.2. The van der Waals surface area contributed by atoms with Crippen LogP contribution in [0, 0.1) is 11.8 Å². The summed E-state index contributed by atoms with van der Waals surface area (Å²) >= 11 is 0. The summed E-state index contributed by atoms with van der Waals surface area (Å²) in [7, 11) is -2.20. The second-order valence-corrected chi connectivity index (χ2v) is 7.61. The lowest BCUT2D eigenvalue weighted by Crippen LogP contribution is -2.42. The van der Waals surface area contributed by atoms with Gasteiger partial charge in [0.1, 0.15) is 0 Å². The molecule has 2 N–H and O–H groups in total. The molecule has 0 bridgehead atoms. The lowest BCUT2D eigenvalue weighted by Gasteiger charge is -2.26. The molecule has 0 aromatic heterocycles. The molecule has 0 saturated heterocycles. The van der Waals surface area contributed by atoms with Gasteiger partial charge in [0.05, 0.1) is 4.90 Å². The molecule has 118 valence electrons. The number of benzene rings is 1. The topological polar surface area (TPSA) is 75.3 Å². The van der Waals surface area contributed by atoms with Gasteiger partial charge >= 0.3 is 0 Å². The molecule has 21 heavy (non-hydrogen) atoms. The Hall–Kier alpha value is -1.40. The van der Waals surface area contributed by atoms with Crippen molar-refractivity contribution in [2.75, 3.05) is 7.05 Å². The van der Waals surface area contributed by atoms with E-state index in [1.165, 1.54) is 19.2 Å². The van der Waals surface area contributed by atoms with Gasteiger partial charge < -0.3 is 5.32 Å². The van der Waals surface area contributed by atoms with Crippen LogP contribution in [0.4, 0.5) is 0 Å². The van der Waals surface area contributed by atoms with Crippen molar-refractivity contribution in [3.05, 3.63) is 29.8 Å². The van der Waals surface area contributed by atoms with E-state index in [1.54, 1.807) is 12.1 Å². The van der Waals surface area contributed by atoms with E-state index >= 15 is 0 Å². The van der Waals surface area contributed by atoms with Crippen molar-refractivity contribution in [1.29, 1.82) is 0 Å². The van der Waals surface area contributed by atoms with Gasteiger partial charge in [0.2, 0.25) is 10.0 Å². The van der Waals surface area contributed by atoms with E-state index < -0.39 is 10.0 Å². The molecule has 0 heterocycles. The van der Waals surface area contributed by atoms with Gasteiger partial charge in [-0.3, -0.25) is 4.79 Å². The smallest absolute Gasteiger partial charge is 0.251 e. The van der Waals surface area contributed by atoms with Crippen LogP contribution in [-0.2, 0) is 10.0 Å². The van der Waals surface area contributed by atoms with E-state index in [-0.39, 0.29) is 16.8 Å². The van der Waals surface area contributed by atoms with Gasteiger partial charge in [-0.05, 0) is 37.1 Å². The van der Waals surface area contributed by atoms with Crippen LogP contribution in [0.3, 0.4) is 0 Å². The molecule has 0 aliphatic carbocycles. The van der Waals surface area contributed by atoms with E-state index in [1.807, 2.05) is 27.7 Å². The predicted octanol–water partition coefficient (Wildman–Crippen LogP) is 2.01. The fraction of sp³-hybridized carbons (Fsp3) is 0.533. The number of sulfonamides is 1. The first-order valence-electron chi connectivity index (χ1n) is 7.03. The average Bonchev–Trinajstić information content (AvgIpc) is 2.43. The summed E-state index contributed by atoms with van der Waals surface area (Å²) in [6, 6.07) is 6.08. The first-order chi connectivity index (χ1) is 9.69. The zero-order chi connectivity index (χ0) is 16.2. The number of hydrogen-bond donors (Lipinski definition) is 2. The number of nitrogens with one attached hydrogen (secondary N) is 2. The Labute approximate surface area is 127 Å². The van der Waals surface area contributed by atoms with Crippen LogP contribution in [-0.4, -0.2) is 27.4 Å². The van der Waals surface area contributed by atoms with Crippen molar-refractivity contribution < 1.29 is 13.2 Å². The minimum absolute atomic E-state index is 0.0436. The van der Waals surface area contributed by atoms with Gasteiger partial charge in [0, 0.05) is 11.6 Å². The molecule has 0 aliphatic heterocycles. The highest BCUT2D eigenvalue weighted by molar-refractivity contribution is 7.89. The van der Waals surface area contributed by atoms with Crippen molar-refractivity contribution >= 4 is 15.9 Å². The molecule has 0 aliphatic rings. The zero-order valence-corrected chi connectivity index (χ0v) is 14.0. The quantitative estimate of drug-likeness (QED) is 0.843. The van der Waals surface area contributed by atoms with Crippen LogP contribution in [0.25, 0.3) is 0 Å². The highest BCUT2D eigenvalue weighted by atomic mass is 32.2. The van der Waals surface area contributed by atoms with E-state index in [4.69, 9.17) is 0 Å². The van der Waals surface area contributed by atoms with Crippen LogP contribution < -0.4 is 10.0 Å². The Bertz CT molecular complexity index is 587. The van der Waals surface area contributed by atoms with Crippen LogP contribution in [0.15, 0.2) is 29.2 Å². The lowest BCUT2D eigenvalue weighted by molar-refractivity contribution is 0.0910. The molecule has 0 atom stereocenters. The van der Waals surface area contributed by atoms with Crippen LogP contribution in [0.5, 0.6) is 0 Å². The first-order valence-corrected chi connectivity index (χ1v) is 8.51. The molecule has 1 amide bonds. The summed E-state index contributed by atoms with van der Waals surface area (Å²) < 4.78 is 25.8. The van der Waals surface area contributed by atoms with Crippen molar-refractivity contribution in [2.24, 2.45) is 11.8 Å². The SMILES string of the molecule is CNS(=O)(=O)c1cccc(C(=O)NC(C(C)C)C(C)C)c1. The van der Waals surface area contributed by atoms with Crippen molar-refractivity contribution in [2.45, 2.75) is 38.6 Å². The third-order valence-electron chi connectivity index (χ3n) is 3.41. The highest BCUT2D eigenvalue weighted by Crippen LogP contribution is 2.15. The van der Waals surface area contributed by atoms with E-state index in [0.29, 0.717) is 17.4 Å². The minimum Gasteiger partial charge on any atom is -0.349 e. The molecule has 6 heteroatoms. The fourth-order valence-corrected chi connectivity index (χ4v) is 3.04. The predicted molar refractivity (Wildman–Crippen MR) is 83.6 cm³/mol. The number of amides is 1. The Morgan fingerprint density at radius 1 is 1.10 bits per heavy atom. The molecule has 5 nitrogen and oxygen atoms in total. The molecule has 1 rings (SSSR count). The Morgan fingerprint density at radius 3 is 2.14 bits per heavy atom. The number of carbonyl (C=O) groups excluding carboxylic acids is 1. The van der Waals surface area contributed by atoms with Gasteiger partial charge in [0.15, 0.2) is 0 Å². The number of rotatable bonds is 6. The first kappa shape index (κ1) is 17.7. The molecule has 0 radical (unpaired) electrons. The van der Waals surface area contributed by atoms with Gasteiger partial charge in [-0.25, -0.2) is 13.1 Å². The lowest BCUT2D eigenvalue weighted by atomic mass is 9.93. The van der Waals surface area contributed by atoms with Gasteiger partial charge in [0.25, 0.3) is 5.91 Å². The average molecular weight is 312 g/mol. The van der Waals surface area contributed by atoms with Crippen molar-refractivity contribution in [3.8, 4) is 0 Å². The van der Waals surface area contributed by atoms with Crippen molar-refractivity contribution in [1.82, 2.24) is 10.0 Å². The van der Waals surface area contributed by atoms with Crippen molar-refractivity contribution in [3.63, 3.8) is 0 Å². The Morgan fingerprint density at radius 2 is 1.67 bits per heavy atom. The standard InChI is InChI=1S/C15H24N2O3S/c1-10(2)14(11(3)4)17-15(18)12-7-6-8-13(9-12)21(19,20)16-5/h6-11,14,16H,1-5H3,(H,17,18). The fourth-order valence-electron chi connectivity index (χ4n) is 2.26. The van der Waals surface area contributed by atoms with E-state index in [2.05, 4.69) is 10.0 Å². The molecular weight excluding hydrogens is 288 g/mol. The summed E-state index contributed by atoms with van der Waals surface area (Å²) in [4.78, 5) is 12.4. The highest BCUT2D eigenvalue weighted by Gasteiger charge is 2.21. The van der Waals surface area contributed by atoms with E-state index in [0.717, 1.165) is 0 Å². The van der Waals surface area contributed by atoms with E-state index in [9.17, 15) is 13.2 Å². The largest absolute Gasteiger partial charge is 0.349 e. The monoisotopic (exact) mass is 312 g/mol. The second kappa shape index (κ2) is 7.04. The third-order valence-corrected chi connectivity index (χ3v) is 4.82. The molecule has 0 unspecified atom stereocenters. The number of carbonyl (C=O) groups is 1. The van der Waals surface area contributed by atoms with Crippen LogP contribution >= 0.6 is 0 Å². The molecular formula is C15H24N2O3S.